The molecule has 1 aliphatic heterocycles. The number of hydrogen-bond acceptors (Lipinski definition) is 6. The third kappa shape index (κ3) is 3.33. The molecule has 1 aliphatic rings. The largest absolute Gasteiger partial charge is 0.454 e. The van der Waals surface area contributed by atoms with Gasteiger partial charge in [0, 0.05) is 24.0 Å². The molecule has 2 aromatic heterocycles. The van der Waals surface area contributed by atoms with Gasteiger partial charge in [-0.15, -0.1) is 0 Å². The third-order valence-corrected chi connectivity index (χ3v) is 5.59. The predicted molar refractivity (Wildman–Crippen MR) is 107 cm³/mol. The number of nitrogens with zero attached hydrogens (tertiary/aromatic N) is 3. The molecule has 0 bridgehead atoms. The molecule has 0 unspecified atom stereocenters. The Morgan fingerprint density at radius 1 is 1.13 bits per heavy atom. The van der Waals surface area contributed by atoms with Crippen molar-refractivity contribution < 1.29 is 23.0 Å². The first-order chi connectivity index (χ1) is 14.6. The van der Waals surface area contributed by atoms with Gasteiger partial charge in [-0.1, -0.05) is 17.4 Å². The average molecular weight is 425 g/mol. The summed E-state index contributed by atoms with van der Waals surface area (Å²) in [5.41, 5.74) is 1.14. The fourth-order valence-corrected chi connectivity index (χ4v) is 4.15. The van der Waals surface area contributed by atoms with Crippen molar-refractivity contribution in [2.75, 3.05) is 11.7 Å². The molecule has 0 N–H and O–H groups in total. The first kappa shape index (κ1) is 18.4. The second-order valence-corrected chi connectivity index (χ2v) is 7.56. The molecule has 0 atom stereocenters. The van der Waals surface area contributed by atoms with Crippen LogP contribution in [0.2, 0.25) is 0 Å². The molecule has 9 heteroatoms. The molecule has 30 heavy (non-hydrogen) atoms. The van der Waals surface area contributed by atoms with E-state index in [1.54, 1.807) is 36.7 Å². The fraction of sp³-hybridized carbons (Fsp3) is 0.0952. The second kappa shape index (κ2) is 7.34. The Kier molecular flexibility index (Phi) is 4.51. The van der Waals surface area contributed by atoms with Crippen LogP contribution in [0.5, 0.6) is 11.5 Å². The minimum absolute atomic E-state index is 0.0195. The highest BCUT2D eigenvalue weighted by Crippen LogP contribution is 2.35. The van der Waals surface area contributed by atoms with Gasteiger partial charge in [-0.3, -0.25) is 14.7 Å². The van der Waals surface area contributed by atoms with Gasteiger partial charge >= 0.3 is 0 Å². The number of benzene rings is 2. The molecule has 0 radical (unpaired) electrons. The molecule has 0 aliphatic carbocycles. The summed E-state index contributed by atoms with van der Waals surface area (Å²) in [5.74, 6) is -0.806. The van der Waals surface area contributed by atoms with Gasteiger partial charge < -0.3 is 9.47 Å². The van der Waals surface area contributed by atoms with Gasteiger partial charge in [0.15, 0.2) is 22.4 Å². The topological polar surface area (TPSA) is 64.6 Å². The molecule has 4 aromatic rings. The summed E-state index contributed by atoms with van der Waals surface area (Å²) in [6, 6.07) is 10.4. The van der Waals surface area contributed by atoms with E-state index in [0.717, 1.165) is 23.0 Å². The van der Waals surface area contributed by atoms with Crippen LogP contribution in [0.3, 0.4) is 0 Å². The van der Waals surface area contributed by atoms with E-state index in [0.29, 0.717) is 21.8 Å². The van der Waals surface area contributed by atoms with Crippen molar-refractivity contribution >= 4 is 32.6 Å². The van der Waals surface area contributed by atoms with E-state index in [4.69, 9.17) is 9.47 Å². The highest BCUT2D eigenvalue weighted by Gasteiger charge is 2.25. The summed E-state index contributed by atoms with van der Waals surface area (Å²) in [6.07, 6.45) is 3.26. The van der Waals surface area contributed by atoms with Gasteiger partial charge in [-0.2, -0.15) is 0 Å². The predicted octanol–water partition coefficient (Wildman–Crippen LogP) is 4.55. The number of carbonyl (C=O) groups is 1. The van der Waals surface area contributed by atoms with Gasteiger partial charge in [0.1, 0.15) is 11.3 Å². The average Bonchev–Trinajstić information content (AvgIpc) is 3.38. The highest BCUT2D eigenvalue weighted by molar-refractivity contribution is 7.22. The lowest BCUT2D eigenvalue weighted by molar-refractivity contribution is 0.0984. The molecule has 0 saturated heterocycles. The van der Waals surface area contributed by atoms with E-state index in [1.165, 1.54) is 11.0 Å². The quantitative estimate of drug-likeness (QED) is 0.480. The zero-order chi connectivity index (χ0) is 20.7. The SMILES string of the molecule is O=C(c1ccc2c(c1)OCO2)N(Cc1cccnc1)c1nc2c(F)cc(F)cc2s1. The number of amides is 1. The standard InChI is InChI=1S/C21H13F2N3O3S/c22-14-7-15(23)19-18(8-14)30-21(25-19)26(10-12-2-1-5-24-9-12)20(27)13-3-4-16-17(6-13)29-11-28-16/h1-9H,10-11H2. The molecule has 6 nitrogen and oxygen atoms in total. The van der Waals surface area contributed by atoms with Crippen LogP contribution in [0.25, 0.3) is 10.2 Å². The molecular weight excluding hydrogens is 412 g/mol. The van der Waals surface area contributed by atoms with Gasteiger partial charge in [0.05, 0.1) is 11.2 Å². The van der Waals surface area contributed by atoms with E-state index >= 15 is 0 Å². The van der Waals surface area contributed by atoms with Crippen molar-refractivity contribution in [3.8, 4) is 11.5 Å². The Balaban J connectivity index is 1.58. The Morgan fingerprint density at radius 2 is 2.00 bits per heavy atom. The van der Waals surface area contributed by atoms with Gasteiger partial charge in [0.2, 0.25) is 6.79 Å². The molecule has 0 fully saturated rings. The van der Waals surface area contributed by atoms with Gasteiger partial charge in [-0.25, -0.2) is 13.8 Å². The Bertz CT molecular complexity index is 1260. The molecule has 3 heterocycles. The zero-order valence-electron chi connectivity index (χ0n) is 15.3. The number of hydrogen-bond donors (Lipinski definition) is 0. The van der Waals surface area contributed by atoms with E-state index in [1.807, 2.05) is 6.07 Å². The van der Waals surface area contributed by atoms with E-state index in [9.17, 15) is 13.6 Å². The van der Waals surface area contributed by atoms with Gasteiger partial charge in [0.25, 0.3) is 5.91 Å². The van der Waals surface area contributed by atoms with Crippen LogP contribution in [0.15, 0.2) is 54.9 Å². The maximum Gasteiger partial charge on any atom is 0.260 e. The van der Waals surface area contributed by atoms with Crippen LogP contribution in [0, 0.1) is 11.6 Å². The number of fused-ring (bicyclic) bond motifs is 2. The maximum atomic E-state index is 14.2. The van der Waals surface area contributed by atoms with Crippen molar-refractivity contribution in [1.82, 2.24) is 9.97 Å². The molecule has 2 aromatic carbocycles. The molecule has 150 valence electrons. The lowest BCUT2D eigenvalue weighted by Gasteiger charge is -2.20. The number of carbonyl (C=O) groups excluding carboxylic acids is 1. The minimum atomic E-state index is -0.774. The van der Waals surface area contributed by atoms with E-state index < -0.39 is 11.6 Å². The van der Waals surface area contributed by atoms with Crippen molar-refractivity contribution in [2.24, 2.45) is 0 Å². The second-order valence-electron chi connectivity index (χ2n) is 6.55. The summed E-state index contributed by atoms with van der Waals surface area (Å²) in [5, 5.41) is 0.251. The summed E-state index contributed by atoms with van der Waals surface area (Å²) < 4.78 is 38.8. The van der Waals surface area contributed by atoms with E-state index in [2.05, 4.69) is 9.97 Å². The van der Waals surface area contributed by atoms with Crippen LogP contribution in [-0.2, 0) is 6.54 Å². The lowest BCUT2D eigenvalue weighted by Crippen LogP contribution is -2.30. The Hall–Kier alpha value is -3.59. The first-order valence-electron chi connectivity index (χ1n) is 8.94. The number of aromatic nitrogens is 2. The highest BCUT2D eigenvalue weighted by atomic mass is 32.1. The number of halogens is 2. The number of thiazole rings is 1. The lowest BCUT2D eigenvalue weighted by atomic mass is 10.1. The monoisotopic (exact) mass is 425 g/mol. The van der Waals surface area contributed by atoms with Crippen LogP contribution in [0.1, 0.15) is 15.9 Å². The van der Waals surface area contributed by atoms with Crippen molar-refractivity contribution in [2.45, 2.75) is 6.54 Å². The van der Waals surface area contributed by atoms with Crippen LogP contribution in [-0.4, -0.2) is 22.7 Å². The summed E-state index contributed by atoms with van der Waals surface area (Å²) in [6.45, 7) is 0.250. The normalized spacial score (nSPS) is 12.3. The fourth-order valence-electron chi connectivity index (χ4n) is 3.15. The summed E-state index contributed by atoms with van der Waals surface area (Å²) >= 11 is 1.04. The van der Waals surface area contributed by atoms with Crippen molar-refractivity contribution in [3.05, 3.63) is 77.6 Å². The van der Waals surface area contributed by atoms with Crippen molar-refractivity contribution in [3.63, 3.8) is 0 Å². The van der Waals surface area contributed by atoms with Gasteiger partial charge in [-0.05, 0) is 35.9 Å². The zero-order valence-corrected chi connectivity index (χ0v) is 16.2. The Morgan fingerprint density at radius 3 is 2.83 bits per heavy atom. The first-order valence-corrected chi connectivity index (χ1v) is 9.76. The minimum Gasteiger partial charge on any atom is -0.454 e. The summed E-state index contributed by atoms with van der Waals surface area (Å²) in [7, 11) is 0. The third-order valence-electron chi connectivity index (χ3n) is 4.56. The number of anilines is 1. The molecule has 0 spiro atoms. The molecule has 1 amide bonds. The number of pyridine rings is 1. The summed E-state index contributed by atoms with van der Waals surface area (Å²) in [4.78, 5) is 23.2. The number of ether oxygens (including phenoxy) is 2. The van der Waals surface area contributed by atoms with E-state index in [-0.39, 0.29) is 29.9 Å². The number of rotatable bonds is 4. The molecular formula is C21H13F2N3O3S. The smallest absolute Gasteiger partial charge is 0.260 e. The van der Waals surface area contributed by atoms with Crippen LogP contribution >= 0.6 is 11.3 Å². The van der Waals surface area contributed by atoms with Crippen molar-refractivity contribution in [1.29, 1.82) is 0 Å². The van der Waals surface area contributed by atoms with Crippen LogP contribution < -0.4 is 14.4 Å². The molecule has 5 rings (SSSR count). The van der Waals surface area contributed by atoms with Crippen LogP contribution in [0.4, 0.5) is 13.9 Å². The Labute approximate surface area is 173 Å². The maximum absolute atomic E-state index is 14.2. The molecule has 0 saturated carbocycles.